The van der Waals surface area contributed by atoms with Gasteiger partial charge >= 0.3 is 0 Å². The van der Waals surface area contributed by atoms with Gasteiger partial charge in [-0.1, -0.05) is 42.5 Å². The van der Waals surface area contributed by atoms with Gasteiger partial charge in [-0.25, -0.2) is 4.98 Å². The predicted octanol–water partition coefficient (Wildman–Crippen LogP) is 3.70. The zero-order valence-electron chi connectivity index (χ0n) is 17.0. The number of benzene rings is 2. The highest BCUT2D eigenvalue weighted by Crippen LogP contribution is 2.23. The first-order valence-corrected chi connectivity index (χ1v) is 10.3. The van der Waals surface area contributed by atoms with Crippen LogP contribution in [0, 0.1) is 0 Å². The number of hydrogen-bond donors (Lipinski definition) is 3. The number of amides is 1. The Labute approximate surface area is 198 Å². The van der Waals surface area contributed by atoms with Crippen LogP contribution < -0.4 is 16.0 Å². The van der Waals surface area contributed by atoms with Crippen LogP contribution in [-0.2, 0) is 13.0 Å². The van der Waals surface area contributed by atoms with Gasteiger partial charge in [0.05, 0.1) is 12.2 Å². The predicted molar refractivity (Wildman–Crippen MR) is 135 cm³/mol. The van der Waals surface area contributed by atoms with E-state index in [1.54, 1.807) is 25.4 Å². The Morgan fingerprint density at radius 2 is 1.90 bits per heavy atom. The number of rotatable bonds is 7. The first-order chi connectivity index (χ1) is 14.2. The molecule has 0 fully saturated rings. The van der Waals surface area contributed by atoms with E-state index in [1.807, 2.05) is 42.5 Å². The maximum atomic E-state index is 11.7. The summed E-state index contributed by atoms with van der Waals surface area (Å²) in [5.74, 6) is 0.650. The summed E-state index contributed by atoms with van der Waals surface area (Å²) in [5, 5.41) is 12.3. The Balaban J connectivity index is 0.00000320. The average molecular weight is 535 g/mol. The lowest BCUT2D eigenvalue weighted by atomic mass is 10.1. The Bertz CT molecular complexity index is 974. The van der Waals surface area contributed by atoms with Crippen molar-refractivity contribution in [3.63, 3.8) is 0 Å². The van der Waals surface area contributed by atoms with Crippen LogP contribution >= 0.6 is 35.3 Å². The SMILES string of the molecule is CN=C(NCCc1cccc(C(=O)NC)c1)NCc1csc(-c2ccccc2)n1.I. The van der Waals surface area contributed by atoms with Gasteiger partial charge in [-0.3, -0.25) is 9.79 Å². The highest BCUT2D eigenvalue weighted by Gasteiger charge is 2.06. The molecule has 2 aromatic carbocycles. The topological polar surface area (TPSA) is 78.4 Å². The third kappa shape index (κ3) is 6.81. The minimum Gasteiger partial charge on any atom is -0.356 e. The van der Waals surface area contributed by atoms with Crippen LogP contribution in [0.4, 0.5) is 0 Å². The summed E-state index contributed by atoms with van der Waals surface area (Å²) in [6.07, 6.45) is 0.792. The van der Waals surface area contributed by atoms with Gasteiger partial charge in [0.1, 0.15) is 5.01 Å². The van der Waals surface area contributed by atoms with Crippen LogP contribution in [0.5, 0.6) is 0 Å². The fraction of sp³-hybridized carbons (Fsp3) is 0.227. The van der Waals surface area contributed by atoms with E-state index in [2.05, 4.69) is 43.4 Å². The third-order valence-electron chi connectivity index (χ3n) is 4.36. The van der Waals surface area contributed by atoms with Crippen LogP contribution in [0.2, 0.25) is 0 Å². The molecule has 3 N–H and O–H groups in total. The van der Waals surface area contributed by atoms with Gasteiger partial charge in [0.15, 0.2) is 5.96 Å². The smallest absolute Gasteiger partial charge is 0.251 e. The van der Waals surface area contributed by atoms with Crippen LogP contribution in [0.25, 0.3) is 10.6 Å². The van der Waals surface area contributed by atoms with Crippen molar-refractivity contribution in [3.8, 4) is 10.6 Å². The van der Waals surface area contributed by atoms with E-state index in [1.165, 1.54) is 0 Å². The number of carbonyl (C=O) groups excluding carboxylic acids is 1. The number of guanidine groups is 1. The molecular formula is C22H26IN5OS. The highest BCUT2D eigenvalue weighted by atomic mass is 127. The van der Waals surface area contributed by atoms with E-state index in [-0.39, 0.29) is 29.9 Å². The normalized spacial score (nSPS) is 10.8. The molecule has 30 heavy (non-hydrogen) atoms. The third-order valence-corrected chi connectivity index (χ3v) is 5.30. The number of aromatic nitrogens is 1. The van der Waals surface area contributed by atoms with E-state index in [4.69, 9.17) is 0 Å². The lowest BCUT2D eigenvalue weighted by Crippen LogP contribution is -2.37. The molecule has 0 atom stereocenters. The molecule has 1 aromatic heterocycles. The lowest BCUT2D eigenvalue weighted by Gasteiger charge is -2.11. The van der Waals surface area contributed by atoms with Crippen molar-refractivity contribution in [3.05, 3.63) is 76.8 Å². The molecule has 158 valence electrons. The van der Waals surface area contributed by atoms with Crippen molar-refractivity contribution in [1.29, 1.82) is 0 Å². The minimum absolute atomic E-state index is 0. The van der Waals surface area contributed by atoms with Crippen LogP contribution in [0.3, 0.4) is 0 Å². The van der Waals surface area contributed by atoms with Crippen LogP contribution in [0.15, 0.2) is 65.0 Å². The molecule has 8 heteroatoms. The summed E-state index contributed by atoms with van der Waals surface area (Å²) < 4.78 is 0. The molecule has 0 aliphatic rings. The molecule has 0 saturated carbocycles. The van der Waals surface area contributed by atoms with Gasteiger partial charge in [0, 0.05) is 37.1 Å². The number of hydrogen-bond acceptors (Lipinski definition) is 4. The maximum Gasteiger partial charge on any atom is 0.251 e. The lowest BCUT2D eigenvalue weighted by molar-refractivity contribution is 0.0963. The molecule has 0 aliphatic carbocycles. The van der Waals surface area contributed by atoms with Gasteiger partial charge < -0.3 is 16.0 Å². The summed E-state index contributed by atoms with van der Waals surface area (Å²) >= 11 is 1.64. The number of nitrogens with zero attached hydrogens (tertiary/aromatic N) is 2. The molecule has 0 aliphatic heterocycles. The molecule has 6 nitrogen and oxygen atoms in total. The van der Waals surface area contributed by atoms with Crippen molar-refractivity contribution in [1.82, 2.24) is 20.9 Å². The summed E-state index contributed by atoms with van der Waals surface area (Å²) in [6, 6.07) is 17.8. The first-order valence-electron chi connectivity index (χ1n) is 9.45. The van der Waals surface area contributed by atoms with Gasteiger partial charge in [-0.2, -0.15) is 0 Å². The maximum absolute atomic E-state index is 11.7. The zero-order valence-corrected chi connectivity index (χ0v) is 20.2. The Kier molecular flexibility index (Phi) is 9.75. The second-order valence-electron chi connectivity index (χ2n) is 6.39. The van der Waals surface area contributed by atoms with Gasteiger partial charge in [-0.05, 0) is 24.1 Å². The van der Waals surface area contributed by atoms with Crippen LogP contribution in [-0.4, -0.2) is 37.5 Å². The summed E-state index contributed by atoms with van der Waals surface area (Å²) in [4.78, 5) is 20.7. The highest BCUT2D eigenvalue weighted by molar-refractivity contribution is 14.0. The number of aliphatic imine (C=N–C) groups is 1. The molecule has 3 aromatic rings. The molecule has 0 radical (unpaired) electrons. The Morgan fingerprint density at radius 1 is 1.10 bits per heavy atom. The van der Waals surface area contributed by atoms with Gasteiger partial charge in [0.2, 0.25) is 0 Å². The van der Waals surface area contributed by atoms with E-state index < -0.39 is 0 Å². The number of halogens is 1. The van der Waals surface area contributed by atoms with E-state index in [9.17, 15) is 4.79 Å². The Morgan fingerprint density at radius 3 is 2.63 bits per heavy atom. The molecule has 0 bridgehead atoms. The van der Waals surface area contributed by atoms with Crippen molar-refractivity contribution < 1.29 is 4.79 Å². The standard InChI is InChI=1S/C22H25N5OS.HI/c1-23-20(28)18-10-6-7-16(13-18)11-12-25-22(24-2)26-14-19-15-29-21(27-19)17-8-4-3-5-9-17;/h3-10,13,15H,11-12,14H2,1-2H3,(H,23,28)(H2,24,25,26);1H. The van der Waals surface area contributed by atoms with Crippen molar-refractivity contribution >= 4 is 47.2 Å². The van der Waals surface area contributed by atoms with E-state index in [0.29, 0.717) is 18.7 Å². The minimum atomic E-state index is -0.0737. The first kappa shape index (κ1) is 23.8. The fourth-order valence-electron chi connectivity index (χ4n) is 2.83. The van der Waals surface area contributed by atoms with Crippen molar-refractivity contribution in [2.45, 2.75) is 13.0 Å². The fourth-order valence-corrected chi connectivity index (χ4v) is 3.66. The van der Waals surface area contributed by atoms with Crippen LogP contribution in [0.1, 0.15) is 21.6 Å². The van der Waals surface area contributed by atoms with E-state index in [0.717, 1.165) is 34.2 Å². The molecule has 1 amide bonds. The quantitative estimate of drug-likeness (QED) is 0.245. The second-order valence-corrected chi connectivity index (χ2v) is 7.25. The summed E-state index contributed by atoms with van der Waals surface area (Å²) in [7, 11) is 3.38. The number of carbonyl (C=O) groups is 1. The molecular weight excluding hydrogens is 509 g/mol. The molecule has 0 spiro atoms. The Hall–Kier alpha value is -2.46. The van der Waals surface area contributed by atoms with Crippen molar-refractivity contribution in [2.24, 2.45) is 4.99 Å². The van der Waals surface area contributed by atoms with Gasteiger partial charge in [0.25, 0.3) is 5.91 Å². The summed E-state index contributed by atoms with van der Waals surface area (Å²) in [6.45, 7) is 1.32. The molecule has 0 saturated heterocycles. The average Bonchev–Trinajstić information content (AvgIpc) is 3.25. The largest absolute Gasteiger partial charge is 0.356 e. The number of nitrogens with one attached hydrogen (secondary N) is 3. The summed E-state index contributed by atoms with van der Waals surface area (Å²) in [5.41, 5.74) is 3.88. The van der Waals surface area contributed by atoms with Crippen molar-refractivity contribution in [2.75, 3.05) is 20.6 Å². The second kappa shape index (κ2) is 12.3. The molecule has 0 unspecified atom stereocenters. The monoisotopic (exact) mass is 535 g/mol. The van der Waals surface area contributed by atoms with E-state index >= 15 is 0 Å². The molecule has 3 rings (SSSR count). The number of thiazole rings is 1. The van der Waals surface area contributed by atoms with Gasteiger partial charge in [-0.15, -0.1) is 35.3 Å². The zero-order chi connectivity index (χ0) is 20.5. The molecule has 1 heterocycles.